The van der Waals surface area contributed by atoms with E-state index in [2.05, 4.69) is 4.98 Å². The van der Waals surface area contributed by atoms with Gasteiger partial charge in [0.25, 0.3) is 0 Å². The predicted molar refractivity (Wildman–Crippen MR) is 93.6 cm³/mol. The standard InChI is InChI=1S/C19H15ClN2O/c1-2-12-22-17(14-8-10-16(20)11-9-14)13-21-19(22)18(23)15-6-4-3-5-7-15/h2-13H,1H3/b12-2+. The van der Waals surface area contributed by atoms with Crippen molar-refractivity contribution in [1.82, 2.24) is 9.55 Å². The molecule has 1 heterocycles. The summed E-state index contributed by atoms with van der Waals surface area (Å²) in [5.41, 5.74) is 2.41. The van der Waals surface area contributed by atoms with Crippen molar-refractivity contribution in [2.45, 2.75) is 6.92 Å². The third-order valence-electron chi connectivity index (χ3n) is 3.47. The highest BCUT2D eigenvalue weighted by molar-refractivity contribution is 6.30. The van der Waals surface area contributed by atoms with Crippen LogP contribution in [0.2, 0.25) is 5.02 Å². The van der Waals surface area contributed by atoms with Crippen LogP contribution in [-0.2, 0) is 0 Å². The average Bonchev–Trinajstić information content (AvgIpc) is 3.00. The minimum atomic E-state index is -0.107. The van der Waals surface area contributed by atoms with E-state index in [1.54, 1.807) is 22.9 Å². The molecule has 0 fully saturated rings. The van der Waals surface area contributed by atoms with Gasteiger partial charge in [-0.25, -0.2) is 4.98 Å². The highest BCUT2D eigenvalue weighted by Crippen LogP contribution is 2.24. The first kappa shape index (κ1) is 15.3. The van der Waals surface area contributed by atoms with Gasteiger partial charge in [-0.15, -0.1) is 0 Å². The van der Waals surface area contributed by atoms with Crippen molar-refractivity contribution in [3.05, 3.63) is 83.3 Å². The van der Waals surface area contributed by atoms with Gasteiger partial charge in [0, 0.05) is 22.3 Å². The number of ketones is 1. The zero-order valence-electron chi connectivity index (χ0n) is 12.6. The molecule has 114 valence electrons. The Bertz CT molecular complexity index is 849. The molecule has 0 unspecified atom stereocenters. The van der Waals surface area contributed by atoms with Gasteiger partial charge in [0.1, 0.15) is 0 Å². The van der Waals surface area contributed by atoms with E-state index in [4.69, 9.17) is 11.6 Å². The van der Waals surface area contributed by atoms with Crippen molar-refractivity contribution in [3.8, 4) is 11.3 Å². The van der Waals surface area contributed by atoms with E-state index in [1.165, 1.54) is 0 Å². The number of hydrogen-bond donors (Lipinski definition) is 0. The zero-order chi connectivity index (χ0) is 16.2. The van der Waals surface area contributed by atoms with Gasteiger partial charge in [-0.1, -0.05) is 60.1 Å². The van der Waals surface area contributed by atoms with Crippen molar-refractivity contribution >= 4 is 23.6 Å². The minimum absolute atomic E-state index is 0.107. The van der Waals surface area contributed by atoms with Gasteiger partial charge in [-0.3, -0.25) is 9.36 Å². The number of nitrogens with zero attached hydrogens (tertiary/aromatic N) is 2. The molecule has 0 amide bonds. The lowest BCUT2D eigenvalue weighted by Gasteiger charge is -2.07. The van der Waals surface area contributed by atoms with Crippen molar-refractivity contribution in [1.29, 1.82) is 0 Å². The summed E-state index contributed by atoms with van der Waals surface area (Å²) >= 11 is 5.95. The average molecular weight is 323 g/mol. The highest BCUT2D eigenvalue weighted by atomic mass is 35.5. The first-order valence-corrected chi connectivity index (χ1v) is 7.64. The number of carbonyl (C=O) groups excluding carboxylic acids is 1. The monoisotopic (exact) mass is 322 g/mol. The quantitative estimate of drug-likeness (QED) is 0.639. The van der Waals surface area contributed by atoms with Gasteiger partial charge < -0.3 is 0 Å². The molecule has 0 N–H and O–H groups in total. The highest BCUT2D eigenvalue weighted by Gasteiger charge is 2.18. The summed E-state index contributed by atoms with van der Waals surface area (Å²) in [6.45, 7) is 1.91. The molecule has 0 aliphatic rings. The van der Waals surface area contributed by atoms with Crippen LogP contribution in [0.1, 0.15) is 23.1 Å². The van der Waals surface area contributed by atoms with Crippen LogP contribution in [0.25, 0.3) is 17.5 Å². The molecule has 0 aliphatic heterocycles. The predicted octanol–water partition coefficient (Wildman–Crippen LogP) is 4.93. The fourth-order valence-electron chi connectivity index (χ4n) is 2.38. The van der Waals surface area contributed by atoms with Crippen LogP contribution < -0.4 is 0 Å². The van der Waals surface area contributed by atoms with E-state index in [1.807, 2.05) is 61.7 Å². The van der Waals surface area contributed by atoms with E-state index < -0.39 is 0 Å². The second kappa shape index (κ2) is 6.63. The second-order valence-corrected chi connectivity index (χ2v) is 5.46. The molecule has 0 bridgehead atoms. The van der Waals surface area contributed by atoms with Crippen LogP contribution in [0.5, 0.6) is 0 Å². The first-order chi connectivity index (χ1) is 11.2. The molecule has 0 spiro atoms. The molecule has 3 rings (SSSR count). The van der Waals surface area contributed by atoms with E-state index >= 15 is 0 Å². The number of benzene rings is 2. The Kier molecular flexibility index (Phi) is 4.40. The third-order valence-corrected chi connectivity index (χ3v) is 3.73. The molecular weight excluding hydrogens is 308 g/mol. The third kappa shape index (κ3) is 3.10. The molecule has 3 aromatic rings. The van der Waals surface area contributed by atoms with Crippen LogP contribution in [0.3, 0.4) is 0 Å². The summed E-state index contributed by atoms with van der Waals surface area (Å²) in [7, 11) is 0. The lowest BCUT2D eigenvalue weighted by Crippen LogP contribution is -2.08. The van der Waals surface area contributed by atoms with Gasteiger partial charge in [-0.05, 0) is 19.1 Å². The summed E-state index contributed by atoms with van der Waals surface area (Å²) in [5.74, 6) is 0.281. The van der Waals surface area contributed by atoms with Crippen LogP contribution in [0.4, 0.5) is 0 Å². The molecule has 3 nitrogen and oxygen atoms in total. The summed E-state index contributed by atoms with van der Waals surface area (Å²) in [6, 6.07) is 16.6. The number of imidazole rings is 1. The lowest BCUT2D eigenvalue weighted by molar-refractivity contribution is 0.102. The molecule has 0 saturated heterocycles. The van der Waals surface area contributed by atoms with E-state index in [9.17, 15) is 4.79 Å². The minimum Gasteiger partial charge on any atom is -0.297 e. The van der Waals surface area contributed by atoms with Crippen molar-refractivity contribution in [3.63, 3.8) is 0 Å². The van der Waals surface area contributed by atoms with Gasteiger partial charge in [0.15, 0.2) is 5.82 Å². The summed E-state index contributed by atoms with van der Waals surface area (Å²) in [4.78, 5) is 17.0. The Morgan fingerprint density at radius 3 is 2.43 bits per heavy atom. The number of halogens is 1. The van der Waals surface area contributed by atoms with Gasteiger partial charge in [-0.2, -0.15) is 0 Å². The van der Waals surface area contributed by atoms with Gasteiger partial charge in [0.2, 0.25) is 5.78 Å². The number of rotatable bonds is 4. The lowest BCUT2D eigenvalue weighted by atomic mass is 10.1. The SMILES string of the molecule is C/C=C/n1c(-c2ccc(Cl)cc2)cnc1C(=O)c1ccccc1. The Labute approximate surface area is 139 Å². The largest absolute Gasteiger partial charge is 0.297 e. The van der Waals surface area contributed by atoms with Crippen molar-refractivity contribution in [2.75, 3.05) is 0 Å². The fraction of sp³-hybridized carbons (Fsp3) is 0.0526. The Hall–Kier alpha value is -2.65. The molecule has 0 atom stereocenters. The summed E-state index contributed by atoms with van der Waals surface area (Å²) in [5, 5.41) is 0.673. The van der Waals surface area contributed by atoms with Crippen LogP contribution in [0, 0.1) is 0 Å². The maximum atomic E-state index is 12.7. The van der Waals surface area contributed by atoms with E-state index in [-0.39, 0.29) is 5.78 Å². The van der Waals surface area contributed by atoms with Gasteiger partial charge in [0.05, 0.1) is 11.9 Å². The number of hydrogen-bond acceptors (Lipinski definition) is 2. The molecule has 23 heavy (non-hydrogen) atoms. The molecule has 0 radical (unpaired) electrons. The molecule has 2 aromatic carbocycles. The maximum Gasteiger partial charge on any atom is 0.228 e. The molecule has 0 saturated carbocycles. The Morgan fingerprint density at radius 1 is 1.09 bits per heavy atom. The summed E-state index contributed by atoms with van der Waals surface area (Å²) in [6.07, 6.45) is 5.43. The van der Waals surface area contributed by atoms with E-state index in [0.29, 0.717) is 16.4 Å². The van der Waals surface area contributed by atoms with Crippen molar-refractivity contribution in [2.24, 2.45) is 0 Å². The van der Waals surface area contributed by atoms with Crippen LogP contribution in [-0.4, -0.2) is 15.3 Å². The van der Waals surface area contributed by atoms with Crippen molar-refractivity contribution < 1.29 is 4.79 Å². The number of aromatic nitrogens is 2. The van der Waals surface area contributed by atoms with E-state index in [0.717, 1.165) is 11.3 Å². The Balaban J connectivity index is 2.09. The first-order valence-electron chi connectivity index (χ1n) is 7.26. The van der Waals surface area contributed by atoms with Gasteiger partial charge >= 0.3 is 0 Å². The second-order valence-electron chi connectivity index (χ2n) is 5.02. The Morgan fingerprint density at radius 2 is 1.78 bits per heavy atom. The normalized spacial score (nSPS) is 11.0. The van der Waals surface area contributed by atoms with Crippen LogP contribution >= 0.6 is 11.6 Å². The summed E-state index contributed by atoms with van der Waals surface area (Å²) < 4.78 is 1.80. The number of carbonyl (C=O) groups is 1. The molecule has 4 heteroatoms. The topological polar surface area (TPSA) is 34.9 Å². The smallest absolute Gasteiger partial charge is 0.228 e. The zero-order valence-corrected chi connectivity index (χ0v) is 13.4. The molecule has 1 aromatic heterocycles. The van der Waals surface area contributed by atoms with Crippen LogP contribution in [0.15, 0.2) is 66.9 Å². The fourth-order valence-corrected chi connectivity index (χ4v) is 2.51. The maximum absolute atomic E-state index is 12.7. The number of allylic oxidation sites excluding steroid dienone is 1. The molecular formula is C19H15ClN2O. The molecule has 0 aliphatic carbocycles.